The van der Waals surface area contributed by atoms with Gasteiger partial charge in [0, 0.05) is 5.56 Å². The average Bonchev–Trinajstić information content (AvgIpc) is 2.79. The largest absolute Gasteiger partial charge is 0.489 e. The molecule has 0 atom stereocenters. The highest BCUT2D eigenvalue weighted by Crippen LogP contribution is 2.14. The molecule has 0 radical (unpaired) electrons. The van der Waals surface area contributed by atoms with Crippen molar-refractivity contribution in [1.82, 2.24) is 5.43 Å². The molecule has 1 N–H and O–H groups in total. The Morgan fingerprint density at radius 3 is 2.17 bits per heavy atom. The Morgan fingerprint density at radius 1 is 0.862 bits per heavy atom. The topological polar surface area (TPSA) is 50.7 Å². The van der Waals surface area contributed by atoms with Crippen molar-refractivity contribution < 1.29 is 9.53 Å². The number of hydrogen-bond acceptors (Lipinski definition) is 3. The molecule has 0 aliphatic carbocycles. The summed E-state index contributed by atoms with van der Waals surface area (Å²) in [5, 5.41) is 4.39. The Kier molecular flexibility index (Phi) is 7.58. The van der Waals surface area contributed by atoms with Crippen LogP contribution in [-0.4, -0.2) is 11.6 Å². The van der Waals surface area contributed by atoms with Crippen molar-refractivity contribution >= 4 is 11.6 Å². The highest BCUT2D eigenvalue weighted by atomic mass is 16.5. The van der Waals surface area contributed by atoms with Gasteiger partial charge in [-0.1, -0.05) is 74.0 Å². The van der Waals surface area contributed by atoms with Crippen LogP contribution < -0.4 is 10.2 Å². The first kappa shape index (κ1) is 20.3. The second kappa shape index (κ2) is 10.8. The Bertz CT molecular complexity index is 920. The molecular formula is C25H26N2O2. The lowest BCUT2D eigenvalue weighted by Gasteiger charge is -2.08. The van der Waals surface area contributed by atoms with Crippen molar-refractivity contribution in [3.63, 3.8) is 0 Å². The first-order valence-electron chi connectivity index (χ1n) is 9.95. The molecular weight excluding hydrogens is 360 g/mol. The van der Waals surface area contributed by atoms with Crippen molar-refractivity contribution in [2.75, 3.05) is 0 Å². The van der Waals surface area contributed by atoms with E-state index in [4.69, 9.17) is 4.74 Å². The van der Waals surface area contributed by atoms with Gasteiger partial charge in [-0.15, -0.1) is 0 Å². The molecule has 0 saturated heterocycles. The lowest BCUT2D eigenvalue weighted by atomic mass is 10.1. The van der Waals surface area contributed by atoms with Crippen molar-refractivity contribution in [3.8, 4) is 5.75 Å². The monoisotopic (exact) mass is 386 g/mol. The van der Waals surface area contributed by atoms with E-state index < -0.39 is 0 Å². The third-order valence-corrected chi connectivity index (χ3v) is 4.53. The summed E-state index contributed by atoms with van der Waals surface area (Å²) in [6.07, 6.45) is 2.92. The first-order chi connectivity index (χ1) is 14.3. The maximum absolute atomic E-state index is 12.5. The van der Waals surface area contributed by atoms with Crippen LogP contribution in [0.25, 0.3) is 0 Å². The molecule has 0 heterocycles. The fraction of sp³-hybridized carbons (Fsp3) is 0.200. The third-order valence-electron chi connectivity index (χ3n) is 4.53. The predicted molar refractivity (Wildman–Crippen MR) is 117 cm³/mol. The molecule has 4 heteroatoms. The number of rotatable bonds is 9. The maximum atomic E-state index is 12.5. The molecule has 0 fully saturated rings. The fourth-order valence-corrected chi connectivity index (χ4v) is 2.87. The Balaban J connectivity index is 1.61. The SMILES string of the molecule is CCCC/C(=N/NC(=O)c1ccc(OCc2ccccc2)cc1)c1ccccc1. The van der Waals surface area contributed by atoms with E-state index in [2.05, 4.69) is 17.5 Å². The van der Waals surface area contributed by atoms with Crippen LogP contribution in [-0.2, 0) is 6.61 Å². The summed E-state index contributed by atoms with van der Waals surface area (Å²) in [7, 11) is 0. The Morgan fingerprint density at radius 2 is 1.52 bits per heavy atom. The van der Waals surface area contributed by atoms with Crippen molar-refractivity contribution in [2.45, 2.75) is 32.8 Å². The number of unbranched alkanes of at least 4 members (excludes halogenated alkanes) is 1. The van der Waals surface area contributed by atoms with E-state index in [0.29, 0.717) is 12.2 Å². The van der Waals surface area contributed by atoms with Crippen LogP contribution >= 0.6 is 0 Å². The molecule has 4 nitrogen and oxygen atoms in total. The highest BCUT2D eigenvalue weighted by Gasteiger charge is 2.08. The first-order valence-corrected chi connectivity index (χ1v) is 9.95. The number of hydrogen-bond donors (Lipinski definition) is 1. The number of amides is 1. The molecule has 0 bridgehead atoms. The average molecular weight is 386 g/mol. The van der Waals surface area contributed by atoms with Gasteiger partial charge in [-0.25, -0.2) is 5.43 Å². The van der Waals surface area contributed by atoms with E-state index in [-0.39, 0.29) is 5.91 Å². The molecule has 3 rings (SSSR count). The van der Waals surface area contributed by atoms with Crippen LogP contribution in [0.4, 0.5) is 0 Å². The molecule has 0 aromatic heterocycles. The Hall–Kier alpha value is -3.40. The summed E-state index contributed by atoms with van der Waals surface area (Å²) in [5.41, 5.74) is 6.26. The van der Waals surface area contributed by atoms with E-state index in [1.54, 1.807) is 24.3 Å². The van der Waals surface area contributed by atoms with Crippen LogP contribution in [0.2, 0.25) is 0 Å². The number of nitrogens with zero attached hydrogens (tertiary/aromatic N) is 1. The van der Waals surface area contributed by atoms with Gasteiger partial charge in [-0.2, -0.15) is 5.10 Å². The van der Waals surface area contributed by atoms with Crippen LogP contribution in [0.15, 0.2) is 90.0 Å². The normalized spacial score (nSPS) is 11.1. The second-order valence-corrected chi connectivity index (χ2v) is 6.77. The molecule has 3 aromatic rings. The maximum Gasteiger partial charge on any atom is 0.271 e. The predicted octanol–water partition coefficient (Wildman–Crippen LogP) is 5.59. The highest BCUT2D eigenvalue weighted by molar-refractivity contribution is 6.02. The van der Waals surface area contributed by atoms with E-state index in [1.807, 2.05) is 60.7 Å². The molecule has 1 amide bonds. The van der Waals surface area contributed by atoms with Crippen molar-refractivity contribution in [3.05, 3.63) is 102 Å². The van der Waals surface area contributed by atoms with Crippen LogP contribution in [0.5, 0.6) is 5.75 Å². The number of benzene rings is 3. The van der Waals surface area contributed by atoms with E-state index in [0.717, 1.165) is 41.9 Å². The molecule has 0 saturated carbocycles. The summed E-state index contributed by atoms with van der Waals surface area (Å²) >= 11 is 0. The number of carbonyl (C=O) groups is 1. The standard InChI is InChI=1S/C25H26N2O2/c1-2-3-14-24(21-12-8-5-9-13-21)26-27-25(28)22-15-17-23(18-16-22)29-19-20-10-6-4-7-11-20/h4-13,15-18H,2-3,14,19H2,1H3,(H,27,28)/b26-24-. The van der Waals surface area contributed by atoms with Gasteiger partial charge in [0.25, 0.3) is 5.91 Å². The summed E-state index contributed by atoms with van der Waals surface area (Å²) in [5.74, 6) is 0.492. The molecule has 0 aliphatic rings. The molecule has 29 heavy (non-hydrogen) atoms. The van der Waals surface area contributed by atoms with Crippen LogP contribution in [0.3, 0.4) is 0 Å². The van der Waals surface area contributed by atoms with Gasteiger partial charge in [-0.3, -0.25) is 4.79 Å². The third kappa shape index (κ3) is 6.32. The van der Waals surface area contributed by atoms with Gasteiger partial charge >= 0.3 is 0 Å². The number of hydrazone groups is 1. The molecule has 0 unspecified atom stereocenters. The van der Waals surface area contributed by atoms with Gasteiger partial charge in [0.2, 0.25) is 0 Å². The quantitative estimate of drug-likeness (QED) is 0.385. The van der Waals surface area contributed by atoms with Crippen molar-refractivity contribution in [2.24, 2.45) is 5.10 Å². The lowest BCUT2D eigenvalue weighted by molar-refractivity contribution is 0.0954. The minimum Gasteiger partial charge on any atom is -0.489 e. The van der Waals surface area contributed by atoms with E-state index in [1.165, 1.54) is 0 Å². The second-order valence-electron chi connectivity index (χ2n) is 6.77. The van der Waals surface area contributed by atoms with Crippen LogP contribution in [0.1, 0.15) is 47.7 Å². The van der Waals surface area contributed by atoms with Gasteiger partial charge in [0.15, 0.2) is 0 Å². The van der Waals surface area contributed by atoms with Gasteiger partial charge in [0.1, 0.15) is 12.4 Å². The van der Waals surface area contributed by atoms with Crippen LogP contribution in [0, 0.1) is 0 Å². The summed E-state index contributed by atoms with van der Waals surface area (Å²) in [6.45, 7) is 2.64. The zero-order valence-electron chi connectivity index (χ0n) is 16.7. The smallest absolute Gasteiger partial charge is 0.271 e. The molecule has 3 aromatic carbocycles. The summed E-state index contributed by atoms with van der Waals surface area (Å²) < 4.78 is 5.77. The zero-order chi connectivity index (χ0) is 20.3. The molecule has 0 aliphatic heterocycles. The van der Waals surface area contributed by atoms with Gasteiger partial charge in [-0.05, 0) is 48.2 Å². The minimum absolute atomic E-state index is 0.232. The van der Waals surface area contributed by atoms with Gasteiger partial charge < -0.3 is 4.74 Å². The molecule has 148 valence electrons. The summed E-state index contributed by atoms with van der Waals surface area (Å²) in [6, 6.07) is 27.0. The lowest BCUT2D eigenvalue weighted by Crippen LogP contribution is -2.20. The summed E-state index contributed by atoms with van der Waals surface area (Å²) in [4.78, 5) is 12.5. The van der Waals surface area contributed by atoms with E-state index in [9.17, 15) is 4.79 Å². The number of nitrogens with one attached hydrogen (secondary N) is 1. The fourth-order valence-electron chi connectivity index (χ4n) is 2.87. The minimum atomic E-state index is -0.232. The number of ether oxygens (including phenoxy) is 1. The zero-order valence-corrected chi connectivity index (χ0v) is 16.7. The Labute approximate surface area is 172 Å². The van der Waals surface area contributed by atoms with E-state index >= 15 is 0 Å². The van der Waals surface area contributed by atoms with Crippen molar-refractivity contribution in [1.29, 1.82) is 0 Å². The van der Waals surface area contributed by atoms with Gasteiger partial charge in [0.05, 0.1) is 5.71 Å². The number of carbonyl (C=O) groups excluding carboxylic acids is 1. The molecule has 0 spiro atoms.